The average molecular weight is 732 g/mol. The number of aromatic hydroxyl groups is 1. The van der Waals surface area contributed by atoms with E-state index >= 15 is 0 Å². The molecule has 4 aliphatic carbocycles. The first-order valence-electron chi connectivity index (χ1n) is 16.8. The van der Waals surface area contributed by atoms with Gasteiger partial charge in [-0.3, -0.25) is 4.99 Å². The van der Waals surface area contributed by atoms with Gasteiger partial charge in [-0.05, 0) is 101 Å². The molecule has 1 N–H and O–H groups in total. The number of rotatable bonds is 6. The monoisotopic (exact) mass is 729 g/mol. The zero-order valence-corrected chi connectivity index (χ0v) is 31.6. The third-order valence-corrected chi connectivity index (χ3v) is 10.9. The summed E-state index contributed by atoms with van der Waals surface area (Å²) in [5.74, 6) is 11.3. The van der Waals surface area contributed by atoms with Crippen LogP contribution >= 0.6 is 17.0 Å². The molecule has 0 heterocycles. The third-order valence-electron chi connectivity index (χ3n) is 10.9. The molecule has 2 fully saturated rings. The van der Waals surface area contributed by atoms with Crippen LogP contribution in [0.2, 0.25) is 0 Å². The van der Waals surface area contributed by atoms with Gasteiger partial charge in [-0.1, -0.05) is 113 Å². The van der Waals surface area contributed by atoms with Crippen LogP contribution in [0.3, 0.4) is 0 Å². The number of phenols is 1. The van der Waals surface area contributed by atoms with E-state index in [1.165, 1.54) is 25.7 Å². The molecule has 6 atom stereocenters. The maximum absolute atomic E-state index is 10.8. The fourth-order valence-electron chi connectivity index (χ4n) is 8.68. The van der Waals surface area contributed by atoms with Gasteiger partial charge >= 0.3 is 37.9 Å². The molecule has 0 radical (unpaired) electrons. The van der Waals surface area contributed by atoms with Crippen molar-refractivity contribution in [2.24, 2.45) is 45.9 Å². The summed E-state index contributed by atoms with van der Waals surface area (Å²) in [5, 5.41) is 10.8. The van der Waals surface area contributed by atoms with Crippen molar-refractivity contribution in [3.63, 3.8) is 0 Å². The molecule has 0 spiro atoms. The zero-order chi connectivity index (χ0) is 32.7. The van der Waals surface area contributed by atoms with E-state index in [0.29, 0.717) is 35.3 Å². The Morgan fingerprint density at radius 1 is 0.848 bits per heavy atom. The molecule has 240 valence electrons. The first-order chi connectivity index (χ1) is 22.2. The maximum atomic E-state index is 10.8. The minimum absolute atomic E-state index is 0.126. The van der Waals surface area contributed by atoms with E-state index in [-0.39, 0.29) is 10.8 Å². The second-order valence-corrected chi connectivity index (χ2v) is 18.3. The van der Waals surface area contributed by atoms with Crippen molar-refractivity contribution in [2.75, 3.05) is 0 Å². The van der Waals surface area contributed by atoms with Gasteiger partial charge in [-0.15, -0.1) is 0 Å². The standard InChI is InChI=1S/C41H47NO.2ClH.Zr/c1-40(2,3)37-22-13-15-30(39(37)43)28-42-32-25-23-29(24-26-32)14-11-12-27-41(4,31-16-5-6-17-31)38-35-20-9-7-18-33(35)34-19-8-10-21-36(34)38;;;/h7-10,13,15,18-26,28,31,33-36,38,43H,5-6,12,16-17,27H2,1-4H3;2*1H;/q;;;+2/p-2/t33-,34?,35+,36+,38?,41?;;;/m0.../s1. The number of para-hydroxylation sites is 1. The van der Waals surface area contributed by atoms with Crippen molar-refractivity contribution in [1.29, 1.82) is 0 Å². The predicted octanol–water partition coefficient (Wildman–Crippen LogP) is 11.5. The number of allylic oxidation sites excluding steroid dienone is 8. The predicted molar refractivity (Wildman–Crippen MR) is 192 cm³/mol. The Labute approximate surface area is 295 Å². The van der Waals surface area contributed by atoms with Crippen molar-refractivity contribution in [1.82, 2.24) is 0 Å². The van der Waals surface area contributed by atoms with E-state index in [1.54, 1.807) is 6.21 Å². The second kappa shape index (κ2) is 15.9. The normalized spacial score (nSPS) is 26.1. The Kier molecular flexibility index (Phi) is 12.1. The van der Waals surface area contributed by atoms with Crippen LogP contribution in [0.15, 0.2) is 96.1 Å². The van der Waals surface area contributed by atoms with Crippen molar-refractivity contribution in [3.8, 4) is 17.6 Å². The topological polar surface area (TPSA) is 32.6 Å². The van der Waals surface area contributed by atoms with E-state index in [2.05, 4.69) is 105 Å². The minimum atomic E-state index is -0.826. The first-order valence-corrected chi connectivity index (χ1v) is 23.1. The fraction of sp³-hybridized carbons (Fsp3) is 0.439. The number of halogens is 2. The van der Waals surface area contributed by atoms with Crippen LogP contribution in [0.5, 0.6) is 5.75 Å². The van der Waals surface area contributed by atoms with E-state index in [1.807, 2.05) is 30.3 Å². The summed E-state index contributed by atoms with van der Waals surface area (Å²) in [6.07, 6.45) is 28.5. The van der Waals surface area contributed by atoms with Gasteiger partial charge in [-0.2, -0.15) is 0 Å². The molecule has 2 saturated carbocycles. The second-order valence-electron chi connectivity index (χ2n) is 14.5. The third kappa shape index (κ3) is 7.95. The summed E-state index contributed by atoms with van der Waals surface area (Å²) in [7, 11) is 9.87. The van der Waals surface area contributed by atoms with E-state index in [9.17, 15) is 5.11 Å². The number of aliphatic imine (C=N–C) groups is 1. The van der Waals surface area contributed by atoms with E-state index < -0.39 is 20.8 Å². The zero-order valence-electron chi connectivity index (χ0n) is 27.6. The Bertz CT molecular complexity index is 1510. The number of benzene rings is 2. The Hall–Kier alpha value is -2.11. The molecule has 0 bridgehead atoms. The molecule has 2 aromatic carbocycles. The Morgan fingerprint density at radius 3 is 1.98 bits per heavy atom. The Morgan fingerprint density at radius 2 is 1.41 bits per heavy atom. The van der Waals surface area contributed by atoms with Crippen molar-refractivity contribution >= 4 is 28.9 Å². The van der Waals surface area contributed by atoms with Crippen LogP contribution in [-0.2, 0) is 26.3 Å². The molecular formula is C41H47Cl2NOZr. The summed E-state index contributed by atoms with van der Waals surface area (Å²) in [6.45, 7) is 8.94. The van der Waals surface area contributed by atoms with E-state index in [0.717, 1.165) is 41.1 Å². The molecule has 2 nitrogen and oxygen atoms in total. The van der Waals surface area contributed by atoms with Gasteiger partial charge in [-0.25, -0.2) is 0 Å². The number of fused-ring (bicyclic) bond motifs is 3. The SMILES string of the molecule is CC(C)(C)c1cccc(C=Nc2ccc(C#CCCC(C)(C3CCCC3)C3[C@@H]4C=CC=CC4[C@@H]4C=CC=C[C@@H]34)cc2)c1O.[Cl][Zr][Cl]. The molecule has 4 aliphatic rings. The number of nitrogens with zero attached hydrogens (tertiary/aromatic N) is 1. The van der Waals surface area contributed by atoms with Gasteiger partial charge in [0.25, 0.3) is 0 Å². The van der Waals surface area contributed by atoms with Gasteiger partial charge in [0, 0.05) is 23.8 Å². The van der Waals surface area contributed by atoms with Crippen molar-refractivity contribution < 1.29 is 26.0 Å². The summed E-state index contributed by atoms with van der Waals surface area (Å²) in [4.78, 5) is 4.63. The molecule has 6 rings (SSSR count). The molecule has 3 unspecified atom stereocenters. The van der Waals surface area contributed by atoms with Crippen LogP contribution in [0.4, 0.5) is 5.69 Å². The molecule has 46 heavy (non-hydrogen) atoms. The molecule has 2 aromatic rings. The first kappa shape index (κ1) is 35.2. The molecule has 0 aromatic heterocycles. The molecule has 0 amide bonds. The summed E-state index contributed by atoms with van der Waals surface area (Å²) in [6, 6.07) is 14.0. The van der Waals surface area contributed by atoms with Crippen LogP contribution in [-0.4, -0.2) is 11.3 Å². The van der Waals surface area contributed by atoms with Crippen LogP contribution in [0.1, 0.15) is 82.9 Å². The average Bonchev–Trinajstić information content (AvgIpc) is 3.71. The van der Waals surface area contributed by atoms with Gasteiger partial charge < -0.3 is 5.11 Å². The fourth-order valence-corrected chi connectivity index (χ4v) is 8.68. The quantitative estimate of drug-likeness (QED) is 0.233. The van der Waals surface area contributed by atoms with Crippen LogP contribution < -0.4 is 0 Å². The number of hydrogen-bond acceptors (Lipinski definition) is 2. The van der Waals surface area contributed by atoms with Crippen molar-refractivity contribution in [2.45, 2.75) is 71.6 Å². The van der Waals surface area contributed by atoms with Gasteiger partial charge in [0.2, 0.25) is 0 Å². The molecular weight excluding hydrogens is 685 g/mol. The van der Waals surface area contributed by atoms with Gasteiger partial charge in [0.15, 0.2) is 0 Å². The number of phenolic OH excluding ortho intramolecular Hbond substituents is 1. The molecule has 5 heteroatoms. The van der Waals surface area contributed by atoms with Gasteiger partial charge in [0.1, 0.15) is 5.75 Å². The van der Waals surface area contributed by atoms with E-state index in [4.69, 9.17) is 17.0 Å². The van der Waals surface area contributed by atoms with Crippen LogP contribution in [0.25, 0.3) is 0 Å². The Balaban J connectivity index is 0.00000134. The van der Waals surface area contributed by atoms with Gasteiger partial charge in [0.05, 0.1) is 5.69 Å². The summed E-state index contributed by atoms with van der Waals surface area (Å²) >= 11 is -0.826. The number of hydrogen-bond donors (Lipinski definition) is 1. The summed E-state index contributed by atoms with van der Waals surface area (Å²) < 4.78 is 0. The molecule has 0 aliphatic heterocycles. The van der Waals surface area contributed by atoms with Crippen molar-refractivity contribution in [3.05, 3.63) is 108 Å². The van der Waals surface area contributed by atoms with Crippen LogP contribution in [0, 0.1) is 52.8 Å². The molecule has 0 saturated heterocycles. The summed E-state index contributed by atoms with van der Waals surface area (Å²) in [5.41, 5.74) is 3.71.